The average molecular weight is 429 g/mol. The highest BCUT2D eigenvalue weighted by Gasteiger charge is 2.15. The predicted molar refractivity (Wildman–Crippen MR) is 113 cm³/mol. The number of methoxy groups -OCH3 is 1. The number of benzene rings is 1. The smallest absolute Gasteiger partial charge is 0.275 e. The molecule has 0 unspecified atom stereocenters. The van der Waals surface area contributed by atoms with Crippen LogP contribution in [0.5, 0.6) is 0 Å². The Labute approximate surface area is 175 Å². The van der Waals surface area contributed by atoms with Gasteiger partial charge < -0.3 is 4.74 Å². The number of aryl methyl sites for hydroxylation is 1. The maximum atomic E-state index is 12.3. The van der Waals surface area contributed by atoms with Gasteiger partial charge in [0.15, 0.2) is 11.0 Å². The Hall–Kier alpha value is -2.56. The predicted octanol–water partition coefficient (Wildman–Crippen LogP) is 2.91. The monoisotopic (exact) mass is 428 g/mol. The molecule has 4 aromatic rings. The van der Waals surface area contributed by atoms with Crippen LogP contribution in [-0.4, -0.2) is 43.1 Å². The molecule has 0 saturated heterocycles. The summed E-state index contributed by atoms with van der Waals surface area (Å²) < 4.78 is 8.66. The molecule has 0 aliphatic carbocycles. The molecule has 0 aliphatic heterocycles. The zero-order valence-electron chi connectivity index (χ0n) is 16.1. The molecule has 0 bridgehead atoms. The van der Waals surface area contributed by atoms with E-state index in [1.165, 1.54) is 33.7 Å². The molecule has 1 aromatic carbocycles. The van der Waals surface area contributed by atoms with Crippen LogP contribution < -0.4 is 5.56 Å². The van der Waals surface area contributed by atoms with Crippen LogP contribution in [0.2, 0.25) is 0 Å². The minimum atomic E-state index is -0.160. The van der Waals surface area contributed by atoms with Gasteiger partial charge in [0, 0.05) is 24.5 Å². The van der Waals surface area contributed by atoms with Crippen LogP contribution in [0.25, 0.3) is 16.3 Å². The third-order valence-electron chi connectivity index (χ3n) is 4.26. The zero-order valence-corrected chi connectivity index (χ0v) is 17.7. The van der Waals surface area contributed by atoms with Crippen molar-refractivity contribution < 1.29 is 4.74 Å². The lowest BCUT2D eigenvalue weighted by Gasteiger charge is -2.09. The molecule has 8 nitrogen and oxygen atoms in total. The molecule has 0 spiro atoms. The molecule has 0 amide bonds. The molecule has 3 heterocycles. The Kier molecular flexibility index (Phi) is 6.02. The van der Waals surface area contributed by atoms with E-state index in [0.717, 1.165) is 28.0 Å². The maximum absolute atomic E-state index is 12.3. The lowest BCUT2D eigenvalue weighted by atomic mass is 10.2. The van der Waals surface area contributed by atoms with Gasteiger partial charge in [0.05, 0.1) is 18.8 Å². The van der Waals surface area contributed by atoms with Crippen LogP contribution in [0.4, 0.5) is 0 Å². The van der Waals surface area contributed by atoms with Crippen molar-refractivity contribution in [2.75, 3.05) is 13.7 Å². The highest BCUT2D eigenvalue weighted by Crippen LogP contribution is 2.26. The number of rotatable bonds is 8. The van der Waals surface area contributed by atoms with Crippen LogP contribution in [0.15, 0.2) is 46.3 Å². The van der Waals surface area contributed by atoms with Crippen molar-refractivity contribution in [3.63, 3.8) is 0 Å². The van der Waals surface area contributed by atoms with E-state index in [2.05, 4.69) is 20.3 Å². The van der Waals surface area contributed by atoms with Crippen molar-refractivity contribution >= 4 is 28.1 Å². The second-order valence-corrected chi connectivity index (χ2v) is 8.22. The first kappa shape index (κ1) is 19.7. The van der Waals surface area contributed by atoms with E-state index in [4.69, 9.17) is 4.74 Å². The normalized spacial score (nSPS) is 11.4. The van der Waals surface area contributed by atoms with Gasteiger partial charge in [-0.2, -0.15) is 9.61 Å². The molecular weight excluding hydrogens is 408 g/mol. The van der Waals surface area contributed by atoms with E-state index in [1.54, 1.807) is 7.11 Å². The van der Waals surface area contributed by atoms with Crippen LogP contribution in [0.1, 0.15) is 17.6 Å². The van der Waals surface area contributed by atoms with Crippen molar-refractivity contribution in [1.29, 1.82) is 0 Å². The Morgan fingerprint density at radius 3 is 2.79 bits per heavy atom. The van der Waals surface area contributed by atoms with Gasteiger partial charge in [0.2, 0.25) is 4.96 Å². The quantitative estimate of drug-likeness (QED) is 0.399. The fraction of sp³-hybridized carbons (Fsp3) is 0.316. The van der Waals surface area contributed by atoms with Gasteiger partial charge in [-0.05, 0) is 6.42 Å². The molecule has 29 heavy (non-hydrogen) atoms. The van der Waals surface area contributed by atoms with Crippen molar-refractivity contribution in [3.8, 4) is 11.4 Å². The van der Waals surface area contributed by atoms with Gasteiger partial charge in [-0.25, -0.2) is 4.98 Å². The van der Waals surface area contributed by atoms with Crippen molar-refractivity contribution in [1.82, 2.24) is 29.4 Å². The minimum Gasteiger partial charge on any atom is -0.383 e. The first-order valence-corrected chi connectivity index (χ1v) is 11.0. The standard InChI is InChI=1S/C19H20N6O2S2/c1-3-15-23-25-16(26)11-14(20-18(25)29-15)12-28-19-22-21-17(24(19)9-10-27-2)13-7-5-4-6-8-13/h4-8,11H,3,9-10,12H2,1-2H3. The molecule has 0 saturated carbocycles. The fourth-order valence-electron chi connectivity index (χ4n) is 2.83. The average Bonchev–Trinajstić information content (AvgIpc) is 3.35. The molecule has 10 heteroatoms. The third kappa shape index (κ3) is 4.24. The Morgan fingerprint density at radius 2 is 2.03 bits per heavy atom. The third-order valence-corrected chi connectivity index (χ3v) is 6.31. The second-order valence-electron chi connectivity index (χ2n) is 6.23. The van der Waals surface area contributed by atoms with Gasteiger partial charge in [-0.1, -0.05) is 60.4 Å². The fourth-order valence-corrected chi connectivity index (χ4v) is 4.55. The van der Waals surface area contributed by atoms with E-state index in [1.807, 2.05) is 41.8 Å². The molecule has 4 rings (SSSR count). The van der Waals surface area contributed by atoms with E-state index in [9.17, 15) is 4.79 Å². The number of fused-ring (bicyclic) bond motifs is 1. The second kappa shape index (κ2) is 8.85. The molecule has 3 aromatic heterocycles. The lowest BCUT2D eigenvalue weighted by molar-refractivity contribution is 0.185. The SMILES string of the molecule is CCc1nn2c(=O)cc(CSc3nnc(-c4ccccc4)n3CCOC)nc2s1. The van der Waals surface area contributed by atoms with Gasteiger partial charge in [-0.15, -0.1) is 10.2 Å². The summed E-state index contributed by atoms with van der Waals surface area (Å²) in [5, 5.41) is 14.7. The molecular formula is C19H20N6O2S2. The molecule has 0 atom stereocenters. The van der Waals surface area contributed by atoms with Crippen LogP contribution in [0.3, 0.4) is 0 Å². The van der Waals surface area contributed by atoms with Crippen molar-refractivity contribution in [2.45, 2.75) is 30.8 Å². The molecule has 150 valence electrons. The van der Waals surface area contributed by atoms with Gasteiger partial charge in [0.1, 0.15) is 5.01 Å². The van der Waals surface area contributed by atoms with Crippen LogP contribution in [-0.2, 0) is 23.5 Å². The van der Waals surface area contributed by atoms with Gasteiger partial charge in [-0.3, -0.25) is 9.36 Å². The van der Waals surface area contributed by atoms with E-state index < -0.39 is 0 Å². The topological polar surface area (TPSA) is 87.2 Å². The summed E-state index contributed by atoms with van der Waals surface area (Å²) in [5.74, 6) is 1.31. The van der Waals surface area contributed by atoms with Gasteiger partial charge in [0.25, 0.3) is 5.56 Å². The Balaban J connectivity index is 1.60. The number of ether oxygens (including phenoxy) is 1. The number of thioether (sulfide) groups is 1. The first-order chi connectivity index (χ1) is 14.2. The van der Waals surface area contributed by atoms with Crippen LogP contribution in [0, 0.1) is 0 Å². The Bertz CT molecular complexity index is 1170. The zero-order chi connectivity index (χ0) is 20.2. The number of hydrogen-bond acceptors (Lipinski definition) is 8. The van der Waals surface area contributed by atoms with Gasteiger partial charge >= 0.3 is 0 Å². The van der Waals surface area contributed by atoms with Crippen molar-refractivity contribution in [3.05, 3.63) is 57.5 Å². The summed E-state index contributed by atoms with van der Waals surface area (Å²) in [7, 11) is 1.67. The number of nitrogens with zero attached hydrogens (tertiary/aromatic N) is 6. The minimum absolute atomic E-state index is 0.160. The molecule has 0 radical (unpaired) electrons. The largest absolute Gasteiger partial charge is 0.383 e. The molecule has 0 fully saturated rings. The summed E-state index contributed by atoms with van der Waals surface area (Å²) in [6, 6.07) is 11.5. The summed E-state index contributed by atoms with van der Waals surface area (Å²) in [6.45, 7) is 3.20. The highest BCUT2D eigenvalue weighted by atomic mass is 32.2. The summed E-state index contributed by atoms with van der Waals surface area (Å²) in [5.41, 5.74) is 1.54. The summed E-state index contributed by atoms with van der Waals surface area (Å²) in [4.78, 5) is 17.6. The molecule has 0 aliphatic rings. The molecule has 0 N–H and O–H groups in total. The van der Waals surface area contributed by atoms with E-state index in [0.29, 0.717) is 29.6 Å². The van der Waals surface area contributed by atoms with E-state index >= 15 is 0 Å². The number of hydrogen-bond donors (Lipinski definition) is 0. The summed E-state index contributed by atoms with van der Waals surface area (Å²) in [6.07, 6.45) is 0.780. The first-order valence-electron chi connectivity index (χ1n) is 9.18. The maximum Gasteiger partial charge on any atom is 0.275 e. The van der Waals surface area contributed by atoms with Crippen LogP contribution >= 0.6 is 23.1 Å². The lowest BCUT2D eigenvalue weighted by Crippen LogP contribution is -2.15. The Morgan fingerprint density at radius 1 is 1.21 bits per heavy atom. The van der Waals surface area contributed by atoms with Crippen molar-refractivity contribution in [2.24, 2.45) is 0 Å². The summed E-state index contributed by atoms with van der Waals surface area (Å²) >= 11 is 2.95. The van der Waals surface area contributed by atoms with E-state index in [-0.39, 0.29) is 5.56 Å². The highest BCUT2D eigenvalue weighted by molar-refractivity contribution is 7.98. The number of aromatic nitrogens is 6.